The molecule has 1 aliphatic carbocycles. The van der Waals surface area contributed by atoms with Crippen LogP contribution in [0.1, 0.15) is 35.4 Å². The Morgan fingerprint density at radius 3 is 2.04 bits per heavy atom. The molecule has 2 unspecified atom stereocenters. The molecule has 2 aromatic heterocycles. The molecule has 0 bridgehead atoms. The molecule has 1 aromatic carbocycles. The zero-order valence-corrected chi connectivity index (χ0v) is 14.5. The van der Waals surface area contributed by atoms with E-state index in [4.69, 9.17) is 5.73 Å². The molecule has 1 fully saturated rings. The molecule has 3 aromatic rings. The first kappa shape index (κ1) is 17.3. The quantitative estimate of drug-likeness (QED) is 0.756. The fourth-order valence-electron chi connectivity index (χ4n) is 3.10. The van der Waals surface area contributed by atoms with Gasteiger partial charge < -0.3 is 5.73 Å². The molecule has 2 heterocycles. The monoisotopic (exact) mass is 331 g/mol. The van der Waals surface area contributed by atoms with Crippen LogP contribution in [0.2, 0.25) is 0 Å². The summed E-state index contributed by atoms with van der Waals surface area (Å²) in [6.07, 6.45) is 11.4. The summed E-state index contributed by atoms with van der Waals surface area (Å²) >= 11 is 0. The Bertz CT molecular complexity index is 729. The summed E-state index contributed by atoms with van der Waals surface area (Å²) in [5, 5.41) is 0. The van der Waals surface area contributed by atoms with E-state index in [0.717, 1.165) is 11.8 Å². The highest BCUT2D eigenvalue weighted by Gasteiger charge is 2.37. The minimum atomic E-state index is 0.640. The van der Waals surface area contributed by atoms with Gasteiger partial charge in [-0.25, -0.2) is 0 Å². The van der Waals surface area contributed by atoms with E-state index in [2.05, 4.69) is 34.2 Å². The molecule has 0 aliphatic heterocycles. The normalized spacial score (nSPS) is 18.1. The molecule has 0 saturated heterocycles. The minimum absolute atomic E-state index is 0.640. The molecule has 3 nitrogen and oxygen atoms in total. The summed E-state index contributed by atoms with van der Waals surface area (Å²) in [6, 6.07) is 18.5. The van der Waals surface area contributed by atoms with E-state index in [1.54, 1.807) is 0 Å². The summed E-state index contributed by atoms with van der Waals surface area (Å²) in [5.41, 5.74) is 9.40. The van der Waals surface area contributed by atoms with Crippen molar-refractivity contribution < 1.29 is 0 Å². The molecular weight excluding hydrogens is 306 g/mol. The molecule has 1 aliphatic rings. The van der Waals surface area contributed by atoms with Gasteiger partial charge in [0.2, 0.25) is 0 Å². The van der Waals surface area contributed by atoms with Gasteiger partial charge in [-0.3, -0.25) is 9.97 Å². The number of pyridine rings is 2. The summed E-state index contributed by atoms with van der Waals surface area (Å²) in [6.45, 7) is 0.640. The van der Waals surface area contributed by atoms with E-state index in [9.17, 15) is 0 Å². The van der Waals surface area contributed by atoms with Gasteiger partial charge in [-0.1, -0.05) is 30.3 Å². The standard InChI is InChI=1S/C15H16N2.C7H9N/c1(12-3-7-16-8-4-12)2-14-11-15(14)13-5-9-17-10-6-13;8-6-7-4-2-1-3-5-7/h3-10,14-15H,1-2,11H2;1-5H,6,8H2. The van der Waals surface area contributed by atoms with Crippen LogP contribution in [0, 0.1) is 5.92 Å². The molecule has 2 atom stereocenters. The molecular formula is C22H25N3. The maximum absolute atomic E-state index is 5.35. The number of aromatic nitrogens is 2. The van der Waals surface area contributed by atoms with Crippen LogP contribution < -0.4 is 5.73 Å². The van der Waals surface area contributed by atoms with E-state index in [0.29, 0.717) is 6.54 Å². The number of nitrogens with zero attached hydrogens (tertiary/aromatic N) is 2. The smallest absolute Gasteiger partial charge is 0.0270 e. The third kappa shape index (κ3) is 5.50. The van der Waals surface area contributed by atoms with Crippen LogP contribution >= 0.6 is 0 Å². The number of benzene rings is 1. The largest absolute Gasteiger partial charge is 0.326 e. The van der Waals surface area contributed by atoms with Crippen molar-refractivity contribution in [2.75, 3.05) is 0 Å². The van der Waals surface area contributed by atoms with Gasteiger partial charge in [-0.15, -0.1) is 0 Å². The Morgan fingerprint density at radius 1 is 0.800 bits per heavy atom. The molecule has 0 amide bonds. The molecule has 128 valence electrons. The van der Waals surface area contributed by atoms with Crippen LogP contribution in [0.5, 0.6) is 0 Å². The second-order valence-electron chi connectivity index (χ2n) is 6.47. The van der Waals surface area contributed by atoms with Gasteiger partial charge in [0.15, 0.2) is 0 Å². The van der Waals surface area contributed by atoms with Crippen LogP contribution in [-0.4, -0.2) is 9.97 Å². The zero-order chi connectivity index (χ0) is 17.3. The predicted octanol–water partition coefficient (Wildman–Crippen LogP) is 4.36. The molecule has 1 saturated carbocycles. The maximum Gasteiger partial charge on any atom is 0.0270 e. The van der Waals surface area contributed by atoms with Crippen LogP contribution in [0.3, 0.4) is 0 Å². The molecule has 0 spiro atoms. The predicted molar refractivity (Wildman–Crippen MR) is 102 cm³/mol. The van der Waals surface area contributed by atoms with Gasteiger partial charge in [-0.05, 0) is 72.1 Å². The number of aryl methyl sites for hydroxylation is 1. The highest BCUT2D eigenvalue weighted by atomic mass is 14.6. The van der Waals surface area contributed by atoms with E-state index in [1.807, 2.05) is 55.1 Å². The first-order valence-corrected chi connectivity index (χ1v) is 8.89. The van der Waals surface area contributed by atoms with Gasteiger partial charge in [0.05, 0.1) is 0 Å². The molecule has 25 heavy (non-hydrogen) atoms. The van der Waals surface area contributed by atoms with E-state index < -0.39 is 0 Å². The SMILES string of the molecule is NCc1ccccc1.c1cc(CCC2CC2c2ccncc2)ccn1. The first-order chi connectivity index (χ1) is 12.4. The lowest BCUT2D eigenvalue weighted by atomic mass is 10.1. The van der Waals surface area contributed by atoms with Crippen molar-refractivity contribution in [3.8, 4) is 0 Å². The summed E-state index contributed by atoms with van der Waals surface area (Å²) < 4.78 is 0. The Hall–Kier alpha value is -2.52. The van der Waals surface area contributed by atoms with Gasteiger partial charge in [0, 0.05) is 31.3 Å². The van der Waals surface area contributed by atoms with Crippen molar-refractivity contribution in [1.82, 2.24) is 9.97 Å². The summed E-state index contributed by atoms with van der Waals surface area (Å²) in [5.74, 6) is 1.64. The zero-order valence-electron chi connectivity index (χ0n) is 14.5. The summed E-state index contributed by atoms with van der Waals surface area (Å²) in [4.78, 5) is 8.11. The maximum atomic E-state index is 5.35. The van der Waals surface area contributed by atoms with Crippen LogP contribution in [0.15, 0.2) is 79.4 Å². The molecule has 3 heteroatoms. The topological polar surface area (TPSA) is 51.8 Å². The molecule has 0 radical (unpaired) electrons. The van der Waals surface area contributed by atoms with Crippen molar-refractivity contribution in [3.05, 3.63) is 96.1 Å². The third-order valence-corrected chi connectivity index (χ3v) is 4.69. The number of nitrogens with two attached hydrogens (primary N) is 1. The fraction of sp³-hybridized carbons (Fsp3) is 0.273. The van der Waals surface area contributed by atoms with E-state index in [1.165, 1.54) is 36.0 Å². The highest BCUT2D eigenvalue weighted by molar-refractivity contribution is 5.23. The third-order valence-electron chi connectivity index (χ3n) is 4.69. The second kappa shape index (κ2) is 9.09. The lowest BCUT2D eigenvalue weighted by molar-refractivity contribution is 0.703. The molecule has 2 N–H and O–H groups in total. The lowest BCUT2D eigenvalue weighted by Crippen LogP contribution is -1.94. The summed E-state index contributed by atoms with van der Waals surface area (Å²) in [7, 11) is 0. The highest BCUT2D eigenvalue weighted by Crippen LogP contribution is 2.49. The van der Waals surface area contributed by atoms with Gasteiger partial charge in [-0.2, -0.15) is 0 Å². The minimum Gasteiger partial charge on any atom is -0.326 e. The van der Waals surface area contributed by atoms with Crippen molar-refractivity contribution in [3.63, 3.8) is 0 Å². The Morgan fingerprint density at radius 2 is 1.44 bits per heavy atom. The van der Waals surface area contributed by atoms with Gasteiger partial charge in [0.1, 0.15) is 0 Å². The number of hydrogen-bond acceptors (Lipinski definition) is 3. The lowest BCUT2D eigenvalue weighted by Gasteiger charge is -2.01. The number of rotatable bonds is 5. The Labute approximate surface area is 150 Å². The first-order valence-electron chi connectivity index (χ1n) is 8.89. The van der Waals surface area contributed by atoms with Crippen molar-refractivity contribution in [2.24, 2.45) is 11.7 Å². The van der Waals surface area contributed by atoms with E-state index in [-0.39, 0.29) is 0 Å². The fourth-order valence-corrected chi connectivity index (χ4v) is 3.10. The second-order valence-corrected chi connectivity index (χ2v) is 6.47. The van der Waals surface area contributed by atoms with Crippen LogP contribution in [-0.2, 0) is 13.0 Å². The van der Waals surface area contributed by atoms with Crippen molar-refractivity contribution >= 4 is 0 Å². The molecule has 4 rings (SSSR count). The van der Waals surface area contributed by atoms with Gasteiger partial charge in [0.25, 0.3) is 0 Å². The average molecular weight is 331 g/mol. The van der Waals surface area contributed by atoms with Crippen molar-refractivity contribution in [2.45, 2.75) is 31.7 Å². The average Bonchev–Trinajstić information content (AvgIpc) is 3.49. The Balaban J connectivity index is 0.000000192. The van der Waals surface area contributed by atoms with Crippen molar-refractivity contribution in [1.29, 1.82) is 0 Å². The van der Waals surface area contributed by atoms with Crippen LogP contribution in [0.4, 0.5) is 0 Å². The van der Waals surface area contributed by atoms with Gasteiger partial charge >= 0.3 is 0 Å². The number of hydrogen-bond donors (Lipinski definition) is 1. The van der Waals surface area contributed by atoms with E-state index >= 15 is 0 Å². The Kier molecular flexibility index (Phi) is 6.29. The van der Waals surface area contributed by atoms with Crippen LogP contribution in [0.25, 0.3) is 0 Å².